The average molecular weight is 218 g/mol. The Morgan fingerprint density at radius 3 is 3.08 bits per heavy atom. The first-order valence-corrected chi connectivity index (χ1v) is 5.80. The van der Waals surface area contributed by atoms with Gasteiger partial charge in [0.2, 0.25) is 0 Å². The van der Waals surface area contributed by atoms with E-state index in [9.17, 15) is 0 Å². The van der Waals surface area contributed by atoms with Crippen molar-refractivity contribution in [1.29, 1.82) is 0 Å². The normalized spacial score (nSPS) is 10.0. The van der Waals surface area contributed by atoms with Gasteiger partial charge in [-0.15, -0.1) is 0 Å². The van der Waals surface area contributed by atoms with E-state index in [0.29, 0.717) is 5.15 Å². The average Bonchev–Trinajstić information content (AvgIpc) is 2.13. The van der Waals surface area contributed by atoms with Gasteiger partial charge in [-0.1, -0.05) is 11.6 Å². The molecule has 1 heterocycles. The minimum atomic E-state index is 0.474. The lowest BCUT2D eigenvalue weighted by Gasteiger charge is -2.03. The van der Waals surface area contributed by atoms with Crippen molar-refractivity contribution in [2.24, 2.45) is 0 Å². The summed E-state index contributed by atoms with van der Waals surface area (Å²) >= 11 is 7.53. The van der Waals surface area contributed by atoms with E-state index in [1.165, 1.54) is 6.33 Å². The molecule has 0 fully saturated rings. The molecular weight excluding hydrogens is 206 g/mol. The lowest BCUT2D eigenvalue weighted by atomic mass is 10.4. The molecule has 1 rings (SSSR count). The van der Waals surface area contributed by atoms with Crippen LogP contribution < -0.4 is 5.32 Å². The summed E-state index contributed by atoms with van der Waals surface area (Å²) in [4.78, 5) is 7.82. The van der Waals surface area contributed by atoms with Crippen LogP contribution in [0.2, 0.25) is 5.15 Å². The minimum absolute atomic E-state index is 0.474. The summed E-state index contributed by atoms with van der Waals surface area (Å²) in [5.41, 5.74) is 0. The molecule has 13 heavy (non-hydrogen) atoms. The lowest BCUT2D eigenvalue weighted by Crippen LogP contribution is -2.04. The second-order valence-corrected chi connectivity index (χ2v) is 3.87. The van der Waals surface area contributed by atoms with Gasteiger partial charge < -0.3 is 5.32 Å². The molecule has 1 N–H and O–H groups in total. The fourth-order valence-corrected chi connectivity index (χ4v) is 1.44. The second kappa shape index (κ2) is 6.05. The molecule has 1 aromatic heterocycles. The van der Waals surface area contributed by atoms with Crippen LogP contribution in [0.4, 0.5) is 5.82 Å². The zero-order valence-corrected chi connectivity index (χ0v) is 9.03. The smallest absolute Gasteiger partial charge is 0.134 e. The SMILES string of the molecule is CSCCCNc1cc(Cl)ncn1. The number of rotatable bonds is 5. The molecule has 1 aromatic rings. The number of aromatic nitrogens is 2. The van der Waals surface area contributed by atoms with Crippen LogP contribution in [0.5, 0.6) is 0 Å². The van der Waals surface area contributed by atoms with Crippen LogP contribution in [-0.4, -0.2) is 28.5 Å². The van der Waals surface area contributed by atoms with Crippen molar-refractivity contribution in [3.05, 3.63) is 17.5 Å². The summed E-state index contributed by atoms with van der Waals surface area (Å²) in [6, 6.07) is 1.72. The Labute approximate surface area is 87.3 Å². The van der Waals surface area contributed by atoms with E-state index in [-0.39, 0.29) is 0 Å². The van der Waals surface area contributed by atoms with Crippen molar-refractivity contribution in [2.75, 3.05) is 23.9 Å². The summed E-state index contributed by atoms with van der Waals surface area (Å²) in [5.74, 6) is 1.95. The Bertz CT molecular complexity index is 257. The number of halogens is 1. The maximum atomic E-state index is 5.69. The standard InChI is InChI=1S/C8H12ClN3S/c1-13-4-2-3-10-8-5-7(9)11-6-12-8/h5-6H,2-4H2,1H3,(H,10,11,12). The molecular formula is C8H12ClN3S. The zero-order chi connectivity index (χ0) is 9.52. The molecule has 0 aliphatic rings. The third kappa shape index (κ3) is 4.33. The molecule has 5 heteroatoms. The van der Waals surface area contributed by atoms with E-state index in [0.717, 1.165) is 24.5 Å². The van der Waals surface area contributed by atoms with Gasteiger partial charge in [0.05, 0.1) is 0 Å². The highest BCUT2D eigenvalue weighted by Gasteiger charge is 1.94. The van der Waals surface area contributed by atoms with E-state index in [2.05, 4.69) is 21.5 Å². The third-order valence-electron chi connectivity index (χ3n) is 1.47. The molecule has 0 atom stereocenters. The van der Waals surface area contributed by atoms with E-state index < -0.39 is 0 Å². The first kappa shape index (κ1) is 10.6. The fourth-order valence-electron chi connectivity index (χ4n) is 0.863. The van der Waals surface area contributed by atoms with Crippen LogP contribution in [0.3, 0.4) is 0 Å². The molecule has 0 radical (unpaired) electrons. The first-order valence-electron chi connectivity index (χ1n) is 4.03. The lowest BCUT2D eigenvalue weighted by molar-refractivity contribution is 0.976. The Morgan fingerprint density at radius 2 is 2.38 bits per heavy atom. The molecule has 0 spiro atoms. The van der Waals surface area contributed by atoms with E-state index in [4.69, 9.17) is 11.6 Å². The van der Waals surface area contributed by atoms with Crippen molar-refractivity contribution in [3.8, 4) is 0 Å². The number of nitrogens with one attached hydrogen (secondary N) is 1. The quantitative estimate of drug-likeness (QED) is 0.607. The molecule has 0 unspecified atom stereocenters. The second-order valence-electron chi connectivity index (χ2n) is 2.50. The zero-order valence-electron chi connectivity index (χ0n) is 7.46. The Hall–Kier alpha value is -0.480. The predicted molar refractivity (Wildman–Crippen MR) is 58.5 cm³/mol. The largest absolute Gasteiger partial charge is 0.370 e. The topological polar surface area (TPSA) is 37.8 Å². The van der Waals surface area contributed by atoms with Gasteiger partial charge in [-0.3, -0.25) is 0 Å². The van der Waals surface area contributed by atoms with Gasteiger partial charge in [0, 0.05) is 12.6 Å². The number of nitrogens with zero attached hydrogens (tertiary/aromatic N) is 2. The van der Waals surface area contributed by atoms with E-state index >= 15 is 0 Å². The minimum Gasteiger partial charge on any atom is -0.370 e. The number of anilines is 1. The molecule has 0 aliphatic heterocycles. The van der Waals surface area contributed by atoms with Gasteiger partial charge in [0.25, 0.3) is 0 Å². The van der Waals surface area contributed by atoms with Gasteiger partial charge in [0.1, 0.15) is 17.3 Å². The van der Waals surface area contributed by atoms with Crippen LogP contribution in [0, 0.1) is 0 Å². The number of hydrogen-bond donors (Lipinski definition) is 1. The summed E-state index contributed by atoms with van der Waals surface area (Å²) in [6.45, 7) is 0.925. The Morgan fingerprint density at radius 1 is 1.54 bits per heavy atom. The fraction of sp³-hybridized carbons (Fsp3) is 0.500. The third-order valence-corrected chi connectivity index (χ3v) is 2.37. The predicted octanol–water partition coefficient (Wildman–Crippen LogP) is 2.29. The first-order chi connectivity index (χ1) is 6.33. The van der Waals surface area contributed by atoms with Crippen LogP contribution in [0.15, 0.2) is 12.4 Å². The van der Waals surface area contributed by atoms with Crippen LogP contribution in [0.1, 0.15) is 6.42 Å². The van der Waals surface area contributed by atoms with Crippen LogP contribution >= 0.6 is 23.4 Å². The summed E-state index contributed by atoms with van der Waals surface area (Å²) < 4.78 is 0. The van der Waals surface area contributed by atoms with Crippen molar-refractivity contribution in [2.45, 2.75) is 6.42 Å². The molecule has 0 saturated heterocycles. The maximum Gasteiger partial charge on any atom is 0.134 e. The van der Waals surface area contributed by atoms with Crippen molar-refractivity contribution >= 4 is 29.2 Å². The molecule has 0 saturated carbocycles. The van der Waals surface area contributed by atoms with Crippen LogP contribution in [0.25, 0.3) is 0 Å². The summed E-state index contributed by atoms with van der Waals surface area (Å²) in [5, 5.41) is 3.65. The number of hydrogen-bond acceptors (Lipinski definition) is 4. The molecule has 3 nitrogen and oxygen atoms in total. The highest BCUT2D eigenvalue weighted by molar-refractivity contribution is 7.98. The summed E-state index contributed by atoms with van der Waals surface area (Å²) in [6.07, 6.45) is 4.68. The van der Waals surface area contributed by atoms with E-state index in [1.807, 2.05) is 11.8 Å². The van der Waals surface area contributed by atoms with Crippen LogP contribution in [-0.2, 0) is 0 Å². The van der Waals surface area contributed by atoms with Gasteiger partial charge >= 0.3 is 0 Å². The van der Waals surface area contributed by atoms with Gasteiger partial charge in [0.15, 0.2) is 0 Å². The van der Waals surface area contributed by atoms with Crippen molar-refractivity contribution < 1.29 is 0 Å². The molecule has 0 bridgehead atoms. The molecule has 72 valence electrons. The Kier molecular flexibility index (Phi) is 4.93. The highest BCUT2D eigenvalue weighted by atomic mass is 35.5. The van der Waals surface area contributed by atoms with Crippen molar-refractivity contribution in [1.82, 2.24) is 9.97 Å². The Balaban J connectivity index is 2.28. The van der Waals surface area contributed by atoms with Gasteiger partial charge in [-0.05, 0) is 18.4 Å². The molecule has 0 aliphatic carbocycles. The van der Waals surface area contributed by atoms with Gasteiger partial charge in [-0.25, -0.2) is 9.97 Å². The molecule has 0 amide bonds. The summed E-state index contributed by atoms with van der Waals surface area (Å²) in [7, 11) is 0. The number of thioether (sulfide) groups is 1. The molecule has 0 aromatic carbocycles. The van der Waals surface area contributed by atoms with Crippen molar-refractivity contribution in [3.63, 3.8) is 0 Å². The monoisotopic (exact) mass is 217 g/mol. The maximum absolute atomic E-state index is 5.69. The van der Waals surface area contributed by atoms with E-state index in [1.54, 1.807) is 6.07 Å². The van der Waals surface area contributed by atoms with Gasteiger partial charge in [-0.2, -0.15) is 11.8 Å². The highest BCUT2D eigenvalue weighted by Crippen LogP contribution is 2.08.